The Labute approximate surface area is 141 Å². The normalized spacial score (nSPS) is 11.3. The smallest absolute Gasteiger partial charge is 0.222 e. The number of nitrogens with zero attached hydrogens (tertiary/aromatic N) is 4. The molecule has 3 rings (SSSR count). The maximum absolute atomic E-state index is 13.0. The van der Waals surface area contributed by atoms with E-state index in [1.807, 2.05) is 23.8 Å². The van der Waals surface area contributed by atoms with E-state index in [1.54, 1.807) is 35.2 Å². The highest BCUT2D eigenvalue weighted by atomic mass is 32.2. The van der Waals surface area contributed by atoms with Crippen LogP contribution in [-0.2, 0) is 5.75 Å². The Kier molecular flexibility index (Phi) is 4.63. The van der Waals surface area contributed by atoms with Crippen molar-refractivity contribution in [2.45, 2.75) is 30.8 Å². The zero-order valence-electron chi connectivity index (χ0n) is 12.7. The molecule has 23 heavy (non-hydrogen) atoms. The monoisotopic (exact) mass is 349 g/mol. The van der Waals surface area contributed by atoms with Gasteiger partial charge in [0.05, 0.1) is 5.69 Å². The highest BCUT2D eigenvalue weighted by Gasteiger charge is 2.14. The molecule has 0 aliphatic heterocycles. The average molecular weight is 349 g/mol. The predicted molar refractivity (Wildman–Crippen MR) is 91.9 cm³/mol. The summed E-state index contributed by atoms with van der Waals surface area (Å²) in [6.45, 7) is 4.08. The second-order valence-electron chi connectivity index (χ2n) is 5.24. The number of hydrogen-bond donors (Lipinski definition) is 1. The predicted octanol–water partition coefficient (Wildman–Crippen LogP) is 4.00. The second kappa shape index (κ2) is 6.67. The van der Waals surface area contributed by atoms with Gasteiger partial charge in [0.15, 0.2) is 5.16 Å². The van der Waals surface area contributed by atoms with Gasteiger partial charge in [-0.1, -0.05) is 11.8 Å². The molecule has 8 heteroatoms. The van der Waals surface area contributed by atoms with Gasteiger partial charge in [0.1, 0.15) is 10.8 Å². The van der Waals surface area contributed by atoms with Crippen LogP contribution in [0, 0.1) is 5.82 Å². The van der Waals surface area contributed by atoms with Crippen LogP contribution in [0.1, 0.15) is 25.6 Å². The van der Waals surface area contributed by atoms with Crippen molar-refractivity contribution in [3.8, 4) is 10.6 Å². The number of aromatic nitrogens is 4. The lowest BCUT2D eigenvalue weighted by Crippen LogP contribution is -2.07. The summed E-state index contributed by atoms with van der Waals surface area (Å²) in [6, 6.07) is 6.57. The van der Waals surface area contributed by atoms with E-state index in [0.717, 1.165) is 21.4 Å². The number of rotatable bonds is 5. The van der Waals surface area contributed by atoms with Gasteiger partial charge in [-0.2, -0.15) is 0 Å². The molecule has 0 fully saturated rings. The molecule has 3 aromatic rings. The minimum Gasteiger partial charge on any atom is -0.368 e. The average Bonchev–Trinajstić information content (AvgIpc) is 3.12. The molecule has 120 valence electrons. The van der Waals surface area contributed by atoms with Crippen molar-refractivity contribution < 1.29 is 4.39 Å². The number of anilines is 1. The molecule has 0 saturated heterocycles. The Morgan fingerprint density at radius 3 is 2.70 bits per heavy atom. The summed E-state index contributed by atoms with van der Waals surface area (Å²) in [6.07, 6.45) is 0. The number of nitrogens with two attached hydrogens (primary N) is 1. The van der Waals surface area contributed by atoms with E-state index in [-0.39, 0.29) is 11.9 Å². The highest BCUT2D eigenvalue weighted by molar-refractivity contribution is 7.98. The molecule has 2 aromatic heterocycles. The topological polar surface area (TPSA) is 69.6 Å². The molecule has 2 N–H and O–H groups in total. The summed E-state index contributed by atoms with van der Waals surface area (Å²) < 4.78 is 14.9. The fourth-order valence-corrected chi connectivity index (χ4v) is 4.01. The lowest BCUT2D eigenvalue weighted by atomic mass is 10.2. The van der Waals surface area contributed by atoms with Crippen molar-refractivity contribution in [2.75, 3.05) is 5.73 Å². The fourth-order valence-electron chi connectivity index (χ4n) is 2.11. The van der Waals surface area contributed by atoms with E-state index < -0.39 is 0 Å². The quantitative estimate of drug-likeness (QED) is 0.705. The Morgan fingerprint density at radius 2 is 2.00 bits per heavy atom. The van der Waals surface area contributed by atoms with Gasteiger partial charge in [-0.25, -0.2) is 9.37 Å². The molecule has 0 saturated carbocycles. The van der Waals surface area contributed by atoms with Crippen molar-refractivity contribution in [3.63, 3.8) is 0 Å². The maximum atomic E-state index is 13.0. The van der Waals surface area contributed by atoms with Crippen LogP contribution in [0.3, 0.4) is 0 Å². The number of hydrogen-bond acceptors (Lipinski definition) is 6. The van der Waals surface area contributed by atoms with E-state index in [1.165, 1.54) is 12.1 Å². The summed E-state index contributed by atoms with van der Waals surface area (Å²) in [7, 11) is 0. The second-order valence-corrected chi connectivity index (χ2v) is 7.04. The number of thioether (sulfide) groups is 1. The van der Waals surface area contributed by atoms with E-state index in [9.17, 15) is 4.39 Å². The molecule has 1 aromatic carbocycles. The zero-order chi connectivity index (χ0) is 16.4. The summed E-state index contributed by atoms with van der Waals surface area (Å²) in [5, 5.41) is 11.7. The first kappa shape index (κ1) is 15.9. The van der Waals surface area contributed by atoms with Crippen LogP contribution < -0.4 is 5.73 Å². The molecule has 2 heterocycles. The largest absolute Gasteiger partial charge is 0.368 e. The van der Waals surface area contributed by atoms with Gasteiger partial charge in [0.2, 0.25) is 5.95 Å². The van der Waals surface area contributed by atoms with Crippen molar-refractivity contribution in [1.29, 1.82) is 0 Å². The Balaban J connectivity index is 1.71. The van der Waals surface area contributed by atoms with Crippen LogP contribution in [0.15, 0.2) is 34.8 Å². The van der Waals surface area contributed by atoms with E-state index in [0.29, 0.717) is 11.7 Å². The molecule has 0 bridgehead atoms. The number of benzene rings is 1. The van der Waals surface area contributed by atoms with Crippen molar-refractivity contribution >= 4 is 29.0 Å². The standard InChI is InChI=1S/C15H16FN5S2/c1-9(2)21-14(17)19-20-15(21)23-8-12-7-22-13(18-12)10-3-5-11(16)6-4-10/h3-7,9H,8H2,1-2H3,(H2,17,19). The van der Waals surface area contributed by atoms with Gasteiger partial charge in [0, 0.05) is 22.7 Å². The van der Waals surface area contributed by atoms with E-state index >= 15 is 0 Å². The van der Waals surface area contributed by atoms with Crippen molar-refractivity contribution in [3.05, 3.63) is 41.2 Å². The Bertz CT molecular complexity index is 795. The highest BCUT2D eigenvalue weighted by Crippen LogP contribution is 2.29. The molecule has 0 aliphatic rings. The molecule has 0 atom stereocenters. The van der Waals surface area contributed by atoms with Crippen molar-refractivity contribution in [1.82, 2.24) is 19.7 Å². The first-order valence-electron chi connectivity index (χ1n) is 7.08. The van der Waals surface area contributed by atoms with E-state index in [2.05, 4.69) is 15.2 Å². The third kappa shape index (κ3) is 3.53. The van der Waals surface area contributed by atoms with Gasteiger partial charge in [0.25, 0.3) is 0 Å². The molecular formula is C15H16FN5S2. The van der Waals surface area contributed by atoms with Gasteiger partial charge in [-0.15, -0.1) is 21.5 Å². The molecule has 0 amide bonds. The molecule has 0 unspecified atom stereocenters. The lowest BCUT2D eigenvalue weighted by molar-refractivity contribution is 0.557. The van der Waals surface area contributed by atoms with Crippen LogP contribution in [0.5, 0.6) is 0 Å². The fraction of sp³-hybridized carbons (Fsp3) is 0.267. The maximum Gasteiger partial charge on any atom is 0.222 e. The Hall–Kier alpha value is -1.93. The first-order chi connectivity index (χ1) is 11.0. The van der Waals surface area contributed by atoms with Crippen molar-refractivity contribution in [2.24, 2.45) is 0 Å². The Morgan fingerprint density at radius 1 is 1.26 bits per heavy atom. The molecule has 5 nitrogen and oxygen atoms in total. The van der Waals surface area contributed by atoms with Crippen LogP contribution in [-0.4, -0.2) is 19.7 Å². The third-order valence-corrected chi connectivity index (χ3v) is 5.12. The first-order valence-corrected chi connectivity index (χ1v) is 8.94. The SMILES string of the molecule is CC(C)n1c(N)nnc1SCc1csc(-c2ccc(F)cc2)n1. The van der Waals surface area contributed by atoms with Crippen LogP contribution in [0.4, 0.5) is 10.3 Å². The summed E-state index contributed by atoms with van der Waals surface area (Å²) >= 11 is 3.10. The van der Waals surface area contributed by atoms with Gasteiger partial charge in [-0.3, -0.25) is 4.57 Å². The van der Waals surface area contributed by atoms with Crippen LogP contribution in [0.25, 0.3) is 10.6 Å². The van der Waals surface area contributed by atoms with Crippen LogP contribution in [0.2, 0.25) is 0 Å². The summed E-state index contributed by atoms with van der Waals surface area (Å²) in [4.78, 5) is 4.59. The lowest BCUT2D eigenvalue weighted by Gasteiger charge is -2.10. The number of thiazole rings is 1. The van der Waals surface area contributed by atoms with E-state index in [4.69, 9.17) is 5.73 Å². The van der Waals surface area contributed by atoms with Gasteiger partial charge >= 0.3 is 0 Å². The molecular weight excluding hydrogens is 333 g/mol. The van der Waals surface area contributed by atoms with Crippen LogP contribution >= 0.6 is 23.1 Å². The summed E-state index contributed by atoms with van der Waals surface area (Å²) in [5.41, 5.74) is 7.71. The minimum atomic E-state index is -0.244. The number of nitrogen functional groups attached to an aromatic ring is 1. The summed E-state index contributed by atoms with van der Waals surface area (Å²) in [5.74, 6) is 0.863. The number of halogens is 1. The zero-order valence-corrected chi connectivity index (χ0v) is 14.4. The minimum absolute atomic E-state index is 0.206. The third-order valence-electron chi connectivity index (χ3n) is 3.20. The molecule has 0 aliphatic carbocycles. The van der Waals surface area contributed by atoms with Gasteiger partial charge in [-0.05, 0) is 38.1 Å². The van der Waals surface area contributed by atoms with Gasteiger partial charge < -0.3 is 5.73 Å². The molecule has 0 radical (unpaired) electrons. The molecule has 0 spiro atoms.